The Kier molecular flexibility index (Phi) is 4.45. The summed E-state index contributed by atoms with van der Waals surface area (Å²) in [5.41, 5.74) is 7.25. The van der Waals surface area contributed by atoms with Crippen LogP contribution >= 0.6 is 11.6 Å². The fourth-order valence-electron chi connectivity index (χ4n) is 1.77. The van der Waals surface area contributed by atoms with E-state index in [0.29, 0.717) is 21.8 Å². The number of nitrogens with two attached hydrogens (primary N) is 1. The Hall–Kier alpha value is -2.53. The Bertz CT molecular complexity index is 701. The second-order valence-corrected chi connectivity index (χ2v) is 4.83. The van der Waals surface area contributed by atoms with Crippen LogP contribution in [0.4, 0.5) is 5.69 Å². The molecule has 0 bridgehead atoms. The van der Waals surface area contributed by atoms with Gasteiger partial charge in [-0.1, -0.05) is 23.7 Å². The van der Waals surface area contributed by atoms with E-state index in [1.54, 1.807) is 24.3 Å². The van der Waals surface area contributed by atoms with Crippen LogP contribution in [0.1, 0.15) is 26.3 Å². The molecule has 108 valence electrons. The topological polar surface area (TPSA) is 92.4 Å². The molecule has 2 aromatic rings. The van der Waals surface area contributed by atoms with Crippen molar-refractivity contribution in [1.82, 2.24) is 5.32 Å². The number of nitrogens with one attached hydrogen (secondary N) is 1. The summed E-state index contributed by atoms with van der Waals surface area (Å²) in [6.07, 6.45) is 0. The molecule has 0 saturated carbocycles. The maximum Gasteiger partial charge on any atom is 0.335 e. The van der Waals surface area contributed by atoms with Crippen molar-refractivity contribution in [3.63, 3.8) is 0 Å². The molecular weight excluding hydrogens is 292 g/mol. The number of carboxylic acids is 1. The molecule has 5 nitrogen and oxygen atoms in total. The predicted molar refractivity (Wildman–Crippen MR) is 80.4 cm³/mol. The summed E-state index contributed by atoms with van der Waals surface area (Å²) >= 11 is 5.86. The molecule has 0 radical (unpaired) electrons. The summed E-state index contributed by atoms with van der Waals surface area (Å²) < 4.78 is 0. The van der Waals surface area contributed by atoms with Gasteiger partial charge in [0.15, 0.2) is 0 Å². The van der Waals surface area contributed by atoms with Crippen LogP contribution in [-0.4, -0.2) is 17.0 Å². The monoisotopic (exact) mass is 304 g/mol. The minimum Gasteiger partial charge on any atom is -0.478 e. The van der Waals surface area contributed by atoms with E-state index in [9.17, 15) is 9.59 Å². The quantitative estimate of drug-likeness (QED) is 0.757. The molecule has 21 heavy (non-hydrogen) atoms. The Balaban J connectivity index is 2.05. The second kappa shape index (κ2) is 6.28. The number of halogens is 1. The number of amides is 1. The van der Waals surface area contributed by atoms with Gasteiger partial charge in [0.1, 0.15) is 0 Å². The lowest BCUT2D eigenvalue weighted by Gasteiger charge is -2.07. The number of aromatic carboxylic acids is 1. The van der Waals surface area contributed by atoms with Gasteiger partial charge in [0, 0.05) is 12.1 Å². The van der Waals surface area contributed by atoms with Gasteiger partial charge in [0.2, 0.25) is 0 Å². The molecule has 1 amide bonds. The zero-order valence-corrected chi connectivity index (χ0v) is 11.7. The molecule has 0 unspecified atom stereocenters. The second-order valence-electron chi connectivity index (χ2n) is 4.42. The number of hydrogen-bond acceptors (Lipinski definition) is 3. The number of carbonyl (C=O) groups excluding carboxylic acids is 1. The molecule has 0 aliphatic rings. The van der Waals surface area contributed by atoms with Crippen LogP contribution < -0.4 is 11.1 Å². The Morgan fingerprint density at radius 2 is 1.90 bits per heavy atom. The average Bonchev–Trinajstić information content (AvgIpc) is 2.48. The first-order valence-electron chi connectivity index (χ1n) is 6.13. The number of nitrogen functional groups attached to an aromatic ring is 1. The predicted octanol–water partition coefficient (Wildman–Crippen LogP) is 2.55. The van der Waals surface area contributed by atoms with Crippen LogP contribution in [0.5, 0.6) is 0 Å². The van der Waals surface area contributed by atoms with Gasteiger partial charge in [-0.05, 0) is 35.9 Å². The lowest BCUT2D eigenvalue weighted by Crippen LogP contribution is -2.23. The molecule has 2 rings (SSSR count). The Labute approximate surface area is 126 Å². The summed E-state index contributed by atoms with van der Waals surface area (Å²) in [6.45, 7) is 0.224. The van der Waals surface area contributed by atoms with Gasteiger partial charge in [-0.15, -0.1) is 0 Å². The van der Waals surface area contributed by atoms with E-state index in [1.807, 2.05) is 0 Å². The normalized spacial score (nSPS) is 10.1. The van der Waals surface area contributed by atoms with Crippen LogP contribution in [0.25, 0.3) is 0 Å². The van der Waals surface area contributed by atoms with Gasteiger partial charge in [-0.2, -0.15) is 0 Å². The molecule has 0 aliphatic carbocycles. The lowest BCUT2D eigenvalue weighted by molar-refractivity contribution is 0.0696. The zero-order valence-electron chi connectivity index (χ0n) is 11.0. The van der Waals surface area contributed by atoms with Crippen molar-refractivity contribution in [2.24, 2.45) is 0 Å². The number of anilines is 1. The molecule has 0 aromatic heterocycles. The van der Waals surface area contributed by atoms with Gasteiger partial charge in [0.25, 0.3) is 5.91 Å². The molecule has 0 heterocycles. The highest BCUT2D eigenvalue weighted by molar-refractivity contribution is 6.33. The Morgan fingerprint density at radius 1 is 1.14 bits per heavy atom. The largest absolute Gasteiger partial charge is 0.478 e. The average molecular weight is 305 g/mol. The van der Waals surface area contributed by atoms with Gasteiger partial charge >= 0.3 is 5.97 Å². The molecule has 6 heteroatoms. The van der Waals surface area contributed by atoms with Crippen molar-refractivity contribution in [2.75, 3.05) is 5.73 Å². The smallest absolute Gasteiger partial charge is 0.335 e. The molecule has 0 saturated heterocycles. The number of carbonyl (C=O) groups is 2. The summed E-state index contributed by atoms with van der Waals surface area (Å²) in [5, 5.41) is 11.9. The molecule has 0 aliphatic heterocycles. The van der Waals surface area contributed by atoms with Crippen molar-refractivity contribution in [1.29, 1.82) is 0 Å². The summed E-state index contributed by atoms with van der Waals surface area (Å²) in [6, 6.07) is 11.0. The van der Waals surface area contributed by atoms with E-state index in [-0.39, 0.29) is 18.0 Å². The van der Waals surface area contributed by atoms with Gasteiger partial charge in [0.05, 0.1) is 16.3 Å². The Morgan fingerprint density at radius 3 is 2.57 bits per heavy atom. The zero-order chi connectivity index (χ0) is 15.4. The standard InChI is InChI=1S/C15H13ClN2O3/c16-12-7-10(4-5-13(12)17)14(19)18-8-9-2-1-3-11(6-9)15(20)21/h1-7H,8,17H2,(H,18,19)(H,20,21). The summed E-state index contributed by atoms with van der Waals surface area (Å²) in [5.74, 6) is -1.31. The van der Waals surface area contributed by atoms with Gasteiger partial charge < -0.3 is 16.2 Å². The first-order chi connectivity index (χ1) is 9.97. The fourth-order valence-corrected chi connectivity index (χ4v) is 1.95. The van der Waals surface area contributed by atoms with Gasteiger partial charge in [-0.3, -0.25) is 4.79 Å². The van der Waals surface area contributed by atoms with Crippen molar-refractivity contribution in [3.05, 3.63) is 64.2 Å². The minimum absolute atomic E-state index is 0.178. The lowest BCUT2D eigenvalue weighted by atomic mass is 10.1. The fraction of sp³-hybridized carbons (Fsp3) is 0.0667. The summed E-state index contributed by atoms with van der Waals surface area (Å²) in [7, 11) is 0. The molecule has 0 fully saturated rings. The number of carboxylic acid groups (broad SMARTS) is 1. The van der Waals surface area contributed by atoms with Crippen LogP contribution in [0, 0.1) is 0 Å². The van der Waals surface area contributed by atoms with Crippen LogP contribution in [0.15, 0.2) is 42.5 Å². The van der Waals surface area contributed by atoms with Crippen molar-refractivity contribution >= 4 is 29.2 Å². The SMILES string of the molecule is Nc1ccc(C(=O)NCc2cccc(C(=O)O)c2)cc1Cl. The van der Waals surface area contributed by atoms with Crippen molar-refractivity contribution in [2.45, 2.75) is 6.54 Å². The number of rotatable bonds is 4. The maximum absolute atomic E-state index is 12.0. The van der Waals surface area contributed by atoms with Gasteiger partial charge in [-0.25, -0.2) is 4.79 Å². The third kappa shape index (κ3) is 3.73. The third-order valence-corrected chi connectivity index (χ3v) is 3.22. The highest BCUT2D eigenvalue weighted by Crippen LogP contribution is 2.19. The van der Waals surface area contributed by atoms with Crippen molar-refractivity contribution < 1.29 is 14.7 Å². The van der Waals surface area contributed by atoms with Crippen molar-refractivity contribution in [3.8, 4) is 0 Å². The molecule has 4 N–H and O–H groups in total. The summed E-state index contributed by atoms with van der Waals surface area (Å²) in [4.78, 5) is 22.8. The van der Waals surface area contributed by atoms with E-state index in [4.69, 9.17) is 22.4 Å². The molecule has 2 aromatic carbocycles. The van der Waals surface area contributed by atoms with E-state index in [2.05, 4.69) is 5.32 Å². The minimum atomic E-state index is -1.01. The molecule has 0 spiro atoms. The van der Waals surface area contributed by atoms with Crippen LogP contribution in [-0.2, 0) is 6.54 Å². The van der Waals surface area contributed by atoms with E-state index in [0.717, 1.165) is 0 Å². The third-order valence-electron chi connectivity index (χ3n) is 2.89. The number of benzene rings is 2. The van der Waals surface area contributed by atoms with Crippen LogP contribution in [0.2, 0.25) is 5.02 Å². The highest BCUT2D eigenvalue weighted by Gasteiger charge is 2.08. The first kappa shape index (κ1) is 14.9. The first-order valence-corrected chi connectivity index (χ1v) is 6.50. The molecular formula is C15H13ClN2O3. The van der Waals surface area contributed by atoms with E-state index < -0.39 is 5.97 Å². The van der Waals surface area contributed by atoms with E-state index >= 15 is 0 Å². The molecule has 0 atom stereocenters. The maximum atomic E-state index is 12.0. The highest BCUT2D eigenvalue weighted by atomic mass is 35.5. The number of hydrogen-bond donors (Lipinski definition) is 3. The van der Waals surface area contributed by atoms with E-state index in [1.165, 1.54) is 18.2 Å². The van der Waals surface area contributed by atoms with Crippen LogP contribution in [0.3, 0.4) is 0 Å².